The van der Waals surface area contributed by atoms with Crippen molar-refractivity contribution in [3.63, 3.8) is 0 Å². The molecule has 2 aromatic heterocycles. The molecule has 1 aromatic carbocycles. The second-order valence-electron chi connectivity index (χ2n) is 3.86. The molecule has 3 aromatic rings. The average molecular weight is 262 g/mol. The number of nitrogens with zero attached hydrogens (tertiary/aromatic N) is 1. The summed E-state index contributed by atoms with van der Waals surface area (Å²) in [4.78, 5) is 17.3. The van der Waals surface area contributed by atoms with Gasteiger partial charge in [0.25, 0.3) is 0 Å². The third kappa shape index (κ3) is 1.54. The van der Waals surface area contributed by atoms with Gasteiger partial charge < -0.3 is 0 Å². The number of halogens is 1. The number of aromatic nitrogens is 1. The van der Waals surface area contributed by atoms with Gasteiger partial charge in [-0.3, -0.25) is 4.79 Å². The molecule has 0 spiro atoms. The van der Waals surface area contributed by atoms with Gasteiger partial charge >= 0.3 is 0 Å². The van der Waals surface area contributed by atoms with E-state index in [1.165, 1.54) is 11.3 Å². The Morgan fingerprint density at radius 1 is 1.29 bits per heavy atom. The van der Waals surface area contributed by atoms with Crippen LogP contribution in [-0.2, 0) is 0 Å². The molecular weight excluding hydrogens is 254 g/mol. The number of fused-ring (bicyclic) bond motifs is 2. The Hall–Kier alpha value is -1.45. The SMILES string of the molecule is Cc1ccc(Cl)c2c(=O)c3cccnc3sc12. The van der Waals surface area contributed by atoms with Crippen LogP contribution in [-0.4, -0.2) is 4.98 Å². The van der Waals surface area contributed by atoms with Crippen molar-refractivity contribution in [1.82, 2.24) is 4.98 Å². The minimum atomic E-state index is -0.0319. The summed E-state index contributed by atoms with van der Waals surface area (Å²) in [6, 6.07) is 7.26. The average Bonchev–Trinajstić information content (AvgIpc) is 2.34. The molecule has 0 unspecified atom stereocenters. The molecule has 0 amide bonds. The van der Waals surface area contributed by atoms with Crippen LogP contribution in [0.4, 0.5) is 0 Å². The molecule has 0 N–H and O–H groups in total. The molecule has 0 fully saturated rings. The van der Waals surface area contributed by atoms with Gasteiger partial charge in [-0.15, -0.1) is 11.3 Å². The second kappa shape index (κ2) is 3.79. The number of hydrogen-bond acceptors (Lipinski definition) is 3. The number of rotatable bonds is 0. The molecular formula is C13H8ClNOS. The molecule has 2 heterocycles. The first-order valence-corrected chi connectivity index (χ1v) is 6.34. The van der Waals surface area contributed by atoms with E-state index in [-0.39, 0.29) is 5.43 Å². The quantitative estimate of drug-likeness (QED) is 0.577. The fraction of sp³-hybridized carbons (Fsp3) is 0.0769. The minimum Gasteiger partial charge on any atom is -0.288 e. The molecule has 0 aliphatic rings. The largest absolute Gasteiger partial charge is 0.288 e. The van der Waals surface area contributed by atoms with E-state index in [0.717, 1.165) is 15.1 Å². The van der Waals surface area contributed by atoms with Crippen molar-refractivity contribution >= 4 is 43.2 Å². The fourth-order valence-corrected chi connectivity index (χ4v) is 3.29. The summed E-state index contributed by atoms with van der Waals surface area (Å²) in [5.74, 6) is 0. The lowest BCUT2D eigenvalue weighted by Crippen LogP contribution is -2.02. The lowest BCUT2D eigenvalue weighted by Gasteiger charge is -2.04. The number of pyridine rings is 1. The van der Waals surface area contributed by atoms with Crippen molar-refractivity contribution in [2.45, 2.75) is 6.92 Å². The Morgan fingerprint density at radius 2 is 2.12 bits per heavy atom. The van der Waals surface area contributed by atoms with Crippen LogP contribution < -0.4 is 5.43 Å². The molecule has 0 bridgehead atoms. The zero-order chi connectivity index (χ0) is 12.0. The fourth-order valence-electron chi connectivity index (χ4n) is 1.88. The second-order valence-corrected chi connectivity index (χ2v) is 5.26. The lowest BCUT2D eigenvalue weighted by atomic mass is 10.1. The summed E-state index contributed by atoms with van der Waals surface area (Å²) in [5, 5.41) is 1.76. The van der Waals surface area contributed by atoms with Gasteiger partial charge in [0.15, 0.2) is 5.43 Å². The smallest absolute Gasteiger partial charge is 0.198 e. The Bertz CT molecular complexity index is 794. The summed E-state index contributed by atoms with van der Waals surface area (Å²) in [7, 11) is 0. The summed E-state index contributed by atoms with van der Waals surface area (Å²) < 4.78 is 0.925. The van der Waals surface area contributed by atoms with Crippen molar-refractivity contribution in [3.05, 3.63) is 51.3 Å². The van der Waals surface area contributed by atoms with Crippen molar-refractivity contribution in [1.29, 1.82) is 0 Å². The van der Waals surface area contributed by atoms with Gasteiger partial charge in [0.05, 0.1) is 15.8 Å². The van der Waals surface area contributed by atoms with E-state index in [4.69, 9.17) is 11.6 Å². The summed E-state index contributed by atoms with van der Waals surface area (Å²) in [6.07, 6.45) is 1.70. The Labute approximate surface area is 106 Å². The molecule has 0 atom stereocenters. The van der Waals surface area contributed by atoms with Gasteiger partial charge in [0.2, 0.25) is 0 Å². The first kappa shape index (κ1) is 10.7. The van der Waals surface area contributed by atoms with Gasteiger partial charge in [0, 0.05) is 10.9 Å². The predicted molar refractivity (Wildman–Crippen MR) is 73.1 cm³/mol. The van der Waals surface area contributed by atoms with Gasteiger partial charge in [0.1, 0.15) is 4.83 Å². The van der Waals surface area contributed by atoms with E-state index in [9.17, 15) is 4.79 Å². The number of benzene rings is 1. The standard InChI is InChI=1S/C13H8ClNOS/c1-7-4-5-9(14)10-11(16)8-3-2-6-15-13(8)17-12(7)10/h2-6H,1H3. The molecule has 4 heteroatoms. The topological polar surface area (TPSA) is 30.0 Å². The van der Waals surface area contributed by atoms with Gasteiger partial charge in [-0.2, -0.15) is 0 Å². The van der Waals surface area contributed by atoms with E-state index >= 15 is 0 Å². The molecule has 0 radical (unpaired) electrons. The third-order valence-electron chi connectivity index (χ3n) is 2.75. The van der Waals surface area contributed by atoms with Crippen LogP contribution in [0.3, 0.4) is 0 Å². The van der Waals surface area contributed by atoms with E-state index in [0.29, 0.717) is 15.8 Å². The minimum absolute atomic E-state index is 0.0319. The normalized spacial score (nSPS) is 11.2. The molecule has 84 valence electrons. The van der Waals surface area contributed by atoms with Crippen LogP contribution >= 0.6 is 22.9 Å². The Morgan fingerprint density at radius 3 is 2.94 bits per heavy atom. The Kier molecular flexibility index (Phi) is 2.38. The Balaban J connectivity index is 2.69. The molecule has 0 aliphatic carbocycles. The van der Waals surface area contributed by atoms with Gasteiger partial charge in [-0.25, -0.2) is 4.98 Å². The van der Waals surface area contributed by atoms with Crippen LogP contribution in [0.5, 0.6) is 0 Å². The van der Waals surface area contributed by atoms with Gasteiger partial charge in [-0.05, 0) is 30.7 Å². The van der Waals surface area contributed by atoms with Crippen molar-refractivity contribution < 1.29 is 0 Å². The van der Waals surface area contributed by atoms with Crippen molar-refractivity contribution in [2.75, 3.05) is 0 Å². The van der Waals surface area contributed by atoms with Gasteiger partial charge in [-0.1, -0.05) is 17.7 Å². The summed E-state index contributed by atoms with van der Waals surface area (Å²) >= 11 is 7.63. The molecule has 0 saturated heterocycles. The molecule has 17 heavy (non-hydrogen) atoms. The maximum absolute atomic E-state index is 12.3. The molecule has 3 rings (SSSR count). The van der Waals surface area contributed by atoms with E-state index in [1.807, 2.05) is 13.0 Å². The van der Waals surface area contributed by atoms with Crippen LogP contribution in [0, 0.1) is 6.92 Å². The third-order valence-corrected chi connectivity index (χ3v) is 4.31. The maximum Gasteiger partial charge on any atom is 0.198 e. The highest BCUT2D eigenvalue weighted by molar-refractivity contribution is 7.24. The van der Waals surface area contributed by atoms with Crippen LogP contribution in [0.1, 0.15) is 5.56 Å². The number of aryl methyl sites for hydroxylation is 1. The highest BCUT2D eigenvalue weighted by Crippen LogP contribution is 2.30. The summed E-state index contributed by atoms with van der Waals surface area (Å²) in [6.45, 7) is 1.98. The van der Waals surface area contributed by atoms with E-state index < -0.39 is 0 Å². The van der Waals surface area contributed by atoms with Crippen LogP contribution in [0.25, 0.3) is 20.3 Å². The first-order chi connectivity index (χ1) is 8.18. The zero-order valence-electron chi connectivity index (χ0n) is 9.03. The van der Waals surface area contributed by atoms with Crippen molar-refractivity contribution in [3.8, 4) is 0 Å². The first-order valence-electron chi connectivity index (χ1n) is 5.15. The van der Waals surface area contributed by atoms with E-state index in [2.05, 4.69) is 4.98 Å². The molecule has 0 saturated carbocycles. The highest BCUT2D eigenvalue weighted by atomic mass is 35.5. The zero-order valence-corrected chi connectivity index (χ0v) is 10.6. The number of hydrogen-bond donors (Lipinski definition) is 0. The highest BCUT2D eigenvalue weighted by Gasteiger charge is 2.10. The molecule has 2 nitrogen and oxygen atoms in total. The molecule has 0 aliphatic heterocycles. The van der Waals surface area contributed by atoms with E-state index in [1.54, 1.807) is 24.4 Å². The van der Waals surface area contributed by atoms with Crippen LogP contribution in [0.15, 0.2) is 35.3 Å². The maximum atomic E-state index is 12.3. The summed E-state index contributed by atoms with van der Waals surface area (Å²) in [5.41, 5.74) is 1.02. The lowest BCUT2D eigenvalue weighted by molar-refractivity contribution is 1.44. The monoisotopic (exact) mass is 261 g/mol. The predicted octanol–water partition coefficient (Wildman–Crippen LogP) is 3.77. The van der Waals surface area contributed by atoms with Crippen molar-refractivity contribution in [2.24, 2.45) is 0 Å². The van der Waals surface area contributed by atoms with Crippen LogP contribution in [0.2, 0.25) is 5.02 Å².